The molecule has 1 aromatic heterocycles. The monoisotopic (exact) mass is 275 g/mol. The highest BCUT2D eigenvalue weighted by atomic mass is 32.1. The number of hydrogen-bond acceptors (Lipinski definition) is 5. The lowest BCUT2D eigenvalue weighted by Gasteiger charge is -2.04. The summed E-state index contributed by atoms with van der Waals surface area (Å²) in [6.07, 6.45) is 0.800. The molecule has 1 aromatic rings. The summed E-state index contributed by atoms with van der Waals surface area (Å²) in [5, 5.41) is 4.67. The second-order valence-electron chi connectivity index (χ2n) is 3.38. The molecule has 0 unspecified atom stereocenters. The van der Waals surface area contributed by atoms with Gasteiger partial charge in [-0.05, 0) is 12.5 Å². The van der Waals surface area contributed by atoms with Crippen LogP contribution in [0.5, 0.6) is 0 Å². The molecule has 0 atom stereocenters. The number of amides is 1. The maximum Gasteiger partial charge on any atom is 0.261 e. The van der Waals surface area contributed by atoms with Gasteiger partial charge < -0.3 is 14.8 Å². The summed E-state index contributed by atoms with van der Waals surface area (Å²) in [4.78, 5) is 13.1. The molecule has 1 amide bonds. The van der Waals surface area contributed by atoms with E-state index in [-0.39, 0.29) is 5.91 Å². The number of nitrogens with one attached hydrogen (secondary N) is 1. The van der Waals surface area contributed by atoms with Crippen LogP contribution in [0.25, 0.3) is 0 Å². The van der Waals surface area contributed by atoms with Gasteiger partial charge >= 0.3 is 0 Å². The maximum atomic E-state index is 11.6. The molecule has 0 spiro atoms. The molecule has 1 rings (SSSR count). The molecule has 1 heterocycles. The van der Waals surface area contributed by atoms with E-state index in [1.807, 2.05) is 5.38 Å². The molecule has 0 radical (unpaired) electrons. The number of hydrogen-bond donors (Lipinski definition) is 2. The van der Waals surface area contributed by atoms with E-state index in [1.165, 1.54) is 11.3 Å². The van der Waals surface area contributed by atoms with Gasteiger partial charge in [-0.1, -0.05) is 0 Å². The predicted octanol–water partition coefficient (Wildman–Crippen LogP) is 1.82. The van der Waals surface area contributed by atoms with E-state index in [2.05, 4.69) is 17.9 Å². The fraction of sp³-hybridized carbons (Fsp3) is 0.545. The fourth-order valence-electron chi connectivity index (χ4n) is 1.15. The van der Waals surface area contributed by atoms with Crippen molar-refractivity contribution in [3.63, 3.8) is 0 Å². The SMILES string of the molecule is COCCOCCCNC(=O)c1cc(S)cs1. The Morgan fingerprint density at radius 3 is 2.94 bits per heavy atom. The Labute approximate surface area is 111 Å². The van der Waals surface area contributed by atoms with Gasteiger partial charge in [0.1, 0.15) is 0 Å². The molecule has 0 aliphatic carbocycles. The van der Waals surface area contributed by atoms with Crippen LogP contribution in [0.3, 0.4) is 0 Å². The molecule has 4 nitrogen and oxygen atoms in total. The van der Waals surface area contributed by atoms with Crippen LogP contribution in [0.2, 0.25) is 0 Å². The van der Waals surface area contributed by atoms with Crippen LogP contribution in [0.1, 0.15) is 16.1 Å². The molecule has 0 aliphatic heterocycles. The lowest BCUT2D eigenvalue weighted by Crippen LogP contribution is -2.24. The summed E-state index contributed by atoms with van der Waals surface area (Å²) >= 11 is 5.55. The van der Waals surface area contributed by atoms with Gasteiger partial charge in [-0.25, -0.2) is 0 Å². The van der Waals surface area contributed by atoms with Crippen LogP contribution in [-0.2, 0) is 9.47 Å². The Morgan fingerprint density at radius 2 is 2.29 bits per heavy atom. The smallest absolute Gasteiger partial charge is 0.261 e. The molecule has 0 bridgehead atoms. The third kappa shape index (κ3) is 6.07. The maximum absolute atomic E-state index is 11.6. The third-order valence-electron chi connectivity index (χ3n) is 1.99. The zero-order chi connectivity index (χ0) is 12.5. The van der Waals surface area contributed by atoms with Crippen molar-refractivity contribution in [2.45, 2.75) is 11.3 Å². The Bertz CT molecular complexity index is 341. The molecule has 6 heteroatoms. The second kappa shape index (κ2) is 8.52. The van der Waals surface area contributed by atoms with Crippen LogP contribution in [0.4, 0.5) is 0 Å². The van der Waals surface area contributed by atoms with Crippen molar-refractivity contribution >= 4 is 29.9 Å². The van der Waals surface area contributed by atoms with E-state index in [9.17, 15) is 4.79 Å². The quantitative estimate of drug-likeness (QED) is 0.562. The van der Waals surface area contributed by atoms with E-state index in [1.54, 1.807) is 13.2 Å². The largest absolute Gasteiger partial charge is 0.382 e. The molecule has 96 valence electrons. The van der Waals surface area contributed by atoms with Crippen molar-refractivity contribution in [1.29, 1.82) is 0 Å². The zero-order valence-corrected chi connectivity index (χ0v) is 11.5. The Kier molecular flexibility index (Phi) is 7.27. The first-order valence-corrected chi connectivity index (χ1v) is 6.69. The van der Waals surface area contributed by atoms with Crippen molar-refractivity contribution in [1.82, 2.24) is 5.32 Å². The molecule has 17 heavy (non-hydrogen) atoms. The number of rotatable bonds is 8. The lowest BCUT2D eigenvalue weighted by molar-refractivity contribution is 0.0688. The van der Waals surface area contributed by atoms with Crippen molar-refractivity contribution in [3.05, 3.63) is 16.3 Å². The highest BCUT2D eigenvalue weighted by Crippen LogP contribution is 2.17. The summed E-state index contributed by atoms with van der Waals surface area (Å²) in [5.41, 5.74) is 0. The first-order valence-electron chi connectivity index (χ1n) is 5.36. The Hall–Kier alpha value is -0.560. The van der Waals surface area contributed by atoms with Gasteiger partial charge in [0.2, 0.25) is 0 Å². The number of carbonyl (C=O) groups is 1. The number of methoxy groups -OCH3 is 1. The summed E-state index contributed by atoms with van der Waals surface area (Å²) in [7, 11) is 1.64. The van der Waals surface area contributed by atoms with Crippen LogP contribution in [0, 0.1) is 0 Å². The van der Waals surface area contributed by atoms with Crippen molar-refractivity contribution < 1.29 is 14.3 Å². The number of ether oxygens (including phenoxy) is 2. The van der Waals surface area contributed by atoms with Crippen molar-refractivity contribution in [3.8, 4) is 0 Å². The highest BCUT2D eigenvalue weighted by Gasteiger charge is 2.06. The standard InChI is InChI=1S/C11H17NO3S2/c1-14-5-6-15-4-2-3-12-11(13)10-7-9(16)8-17-10/h7-8,16H,2-6H2,1H3,(H,12,13). The van der Waals surface area contributed by atoms with E-state index >= 15 is 0 Å². The highest BCUT2D eigenvalue weighted by molar-refractivity contribution is 7.80. The first-order chi connectivity index (χ1) is 8.24. The van der Waals surface area contributed by atoms with Gasteiger partial charge in [0.25, 0.3) is 5.91 Å². The predicted molar refractivity (Wildman–Crippen MR) is 71.2 cm³/mol. The van der Waals surface area contributed by atoms with Gasteiger partial charge in [-0.3, -0.25) is 4.79 Å². The average molecular weight is 275 g/mol. The molecule has 0 aromatic carbocycles. The normalized spacial score (nSPS) is 10.5. The molecule has 0 aliphatic rings. The van der Waals surface area contributed by atoms with Crippen molar-refractivity contribution in [2.75, 3.05) is 33.5 Å². The first kappa shape index (κ1) is 14.5. The van der Waals surface area contributed by atoms with Gasteiger partial charge in [0.05, 0.1) is 18.1 Å². The molecule has 1 N–H and O–H groups in total. The topological polar surface area (TPSA) is 47.6 Å². The number of carbonyl (C=O) groups excluding carboxylic acids is 1. The lowest BCUT2D eigenvalue weighted by atomic mass is 10.4. The Balaban J connectivity index is 2.05. The van der Waals surface area contributed by atoms with Crippen molar-refractivity contribution in [2.24, 2.45) is 0 Å². The van der Waals surface area contributed by atoms with E-state index in [0.717, 1.165) is 11.3 Å². The van der Waals surface area contributed by atoms with Gasteiger partial charge in [-0.2, -0.15) is 0 Å². The van der Waals surface area contributed by atoms with Crippen LogP contribution >= 0.6 is 24.0 Å². The summed E-state index contributed by atoms with van der Waals surface area (Å²) in [6, 6.07) is 1.76. The zero-order valence-electron chi connectivity index (χ0n) is 9.77. The Morgan fingerprint density at radius 1 is 1.47 bits per heavy atom. The summed E-state index contributed by atoms with van der Waals surface area (Å²) in [6.45, 7) is 2.45. The number of thiol groups is 1. The van der Waals surface area contributed by atoms with Gasteiger partial charge in [-0.15, -0.1) is 24.0 Å². The van der Waals surface area contributed by atoms with E-state index in [0.29, 0.717) is 31.2 Å². The summed E-state index contributed by atoms with van der Waals surface area (Å²) in [5.74, 6) is -0.0489. The van der Waals surface area contributed by atoms with Crippen LogP contribution in [-0.4, -0.2) is 39.4 Å². The minimum Gasteiger partial charge on any atom is -0.382 e. The molecular formula is C11H17NO3S2. The fourth-order valence-corrected chi connectivity index (χ4v) is 2.22. The minimum atomic E-state index is -0.0489. The van der Waals surface area contributed by atoms with Crippen LogP contribution in [0.15, 0.2) is 16.3 Å². The molecule has 0 saturated carbocycles. The van der Waals surface area contributed by atoms with E-state index < -0.39 is 0 Å². The minimum absolute atomic E-state index is 0.0489. The number of thiophene rings is 1. The average Bonchev–Trinajstić information content (AvgIpc) is 2.74. The third-order valence-corrected chi connectivity index (χ3v) is 3.35. The van der Waals surface area contributed by atoms with Crippen LogP contribution < -0.4 is 5.32 Å². The summed E-state index contributed by atoms with van der Waals surface area (Å²) < 4.78 is 10.1. The van der Waals surface area contributed by atoms with Gasteiger partial charge in [0, 0.05) is 30.5 Å². The molecule has 0 fully saturated rings. The molecule has 0 saturated heterocycles. The van der Waals surface area contributed by atoms with Gasteiger partial charge in [0.15, 0.2) is 0 Å². The van der Waals surface area contributed by atoms with E-state index in [4.69, 9.17) is 9.47 Å². The second-order valence-corrected chi connectivity index (χ2v) is 4.81. The molecular weight excluding hydrogens is 258 g/mol.